The Hall–Kier alpha value is -2.08. The summed E-state index contributed by atoms with van der Waals surface area (Å²) in [5.41, 5.74) is 4.97. The first-order valence-corrected chi connectivity index (χ1v) is 8.42. The van der Waals surface area contributed by atoms with Gasteiger partial charge in [-0.25, -0.2) is 0 Å². The number of hydrogen-bond acceptors (Lipinski definition) is 4. The minimum Gasteiger partial charge on any atom is -0.484 e. The Morgan fingerprint density at radius 3 is 2.42 bits per heavy atom. The van der Waals surface area contributed by atoms with E-state index in [0.29, 0.717) is 24.0 Å². The van der Waals surface area contributed by atoms with Crippen LogP contribution in [-0.2, 0) is 14.3 Å². The fourth-order valence-electron chi connectivity index (χ4n) is 2.98. The Morgan fingerprint density at radius 1 is 1.25 bits per heavy atom. The number of amides is 2. The molecule has 6 heteroatoms. The predicted molar refractivity (Wildman–Crippen MR) is 91.8 cm³/mol. The van der Waals surface area contributed by atoms with Gasteiger partial charge in [-0.3, -0.25) is 9.59 Å². The molecule has 1 aromatic rings. The molecule has 0 saturated heterocycles. The highest BCUT2D eigenvalue weighted by Gasteiger charge is 2.41. The van der Waals surface area contributed by atoms with Crippen LogP contribution in [-0.4, -0.2) is 30.6 Å². The van der Waals surface area contributed by atoms with Crippen molar-refractivity contribution >= 4 is 17.5 Å². The van der Waals surface area contributed by atoms with Crippen molar-refractivity contribution in [1.82, 2.24) is 0 Å². The van der Waals surface area contributed by atoms with Crippen LogP contribution >= 0.6 is 0 Å². The molecule has 0 heterocycles. The van der Waals surface area contributed by atoms with Crippen LogP contribution in [0.1, 0.15) is 39.5 Å². The van der Waals surface area contributed by atoms with E-state index in [1.165, 1.54) is 0 Å². The van der Waals surface area contributed by atoms with Crippen LogP contribution in [0.5, 0.6) is 5.75 Å². The molecule has 6 nitrogen and oxygen atoms in total. The smallest absolute Gasteiger partial charge is 0.256 e. The zero-order valence-corrected chi connectivity index (χ0v) is 14.3. The van der Waals surface area contributed by atoms with Gasteiger partial charge in [-0.2, -0.15) is 0 Å². The monoisotopic (exact) mass is 334 g/mol. The SMILES string of the molecule is CCOC1(C(=O)Nc2ccc(OCC(N)=O)cc2)CCC(C)CC1. The number of ether oxygens (including phenoxy) is 2. The van der Waals surface area contributed by atoms with Gasteiger partial charge < -0.3 is 20.5 Å². The predicted octanol–water partition coefficient (Wildman–Crippen LogP) is 2.47. The standard InChI is InChI=1S/C18H26N2O4/c1-3-24-18(10-8-13(2)9-11-18)17(22)20-14-4-6-15(7-5-14)23-12-16(19)21/h4-7,13H,3,8-12H2,1-2H3,(H2,19,21)(H,20,22). The van der Waals surface area contributed by atoms with Crippen molar-refractivity contribution in [2.75, 3.05) is 18.5 Å². The third-order valence-electron chi connectivity index (χ3n) is 4.41. The maximum atomic E-state index is 12.8. The molecule has 2 rings (SSSR count). The van der Waals surface area contributed by atoms with Crippen LogP contribution in [0.3, 0.4) is 0 Å². The van der Waals surface area contributed by atoms with Crippen LogP contribution in [0.2, 0.25) is 0 Å². The fourth-order valence-corrected chi connectivity index (χ4v) is 2.98. The molecule has 3 N–H and O–H groups in total. The zero-order chi connectivity index (χ0) is 17.6. The number of carbonyl (C=O) groups excluding carboxylic acids is 2. The zero-order valence-electron chi connectivity index (χ0n) is 14.3. The van der Waals surface area contributed by atoms with Crippen LogP contribution in [0.15, 0.2) is 24.3 Å². The molecule has 0 aliphatic heterocycles. The molecule has 0 unspecified atom stereocenters. The van der Waals surface area contributed by atoms with Crippen molar-refractivity contribution in [3.63, 3.8) is 0 Å². The Bertz CT molecular complexity index is 563. The molecule has 0 atom stereocenters. The van der Waals surface area contributed by atoms with Gasteiger partial charge in [-0.1, -0.05) is 6.92 Å². The Labute approximate surface area is 142 Å². The highest BCUT2D eigenvalue weighted by Crippen LogP contribution is 2.35. The van der Waals surface area contributed by atoms with Gasteiger partial charge in [0.1, 0.15) is 11.4 Å². The van der Waals surface area contributed by atoms with Crippen molar-refractivity contribution in [3.05, 3.63) is 24.3 Å². The van der Waals surface area contributed by atoms with Crippen molar-refractivity contribution < 1.29 is 19.1 Å². The minimum absolute atomic E-state index is 0.0953. The molecular formula is C18H26N2O4. The van der Waals surface area contributed by atoms with Gasteiger partial charge in [0.15, 0.2) is 6.61 Å². The summed E-state index contributed by atoms with van der Waals surface area (Å²) >= 11 is 0. The molecule has 2 amide bonds. The third-order valence-corrected chi connectivity index (χ3v) is 4.41. The molecule has 1 aliphatic rings. The highest BCUT2D eigenvalue weighted by molar-refractivity contribution is 5.97. The number of anilines is 1. The maximum absolute atomic E-state index is 12.8. The number of nitrogens with two attached hydrogens (primary N) is 1. The van der Waals surface area contributed by atoms with E-state index in [0.717, 1.165) is 25.7 Å². The summed E-state index contributed by atoms with van der Waals surface area (Å²) in [6.07, 6.45) is 3.47. The van der Waals surface area contributed by atoms with Crippen molar-refractivity contribution in [1.29, 1.82) is 0 Å². The summed E-state index contributed by atoms with van der Waals surface area (Å²) in [7, 11) is 0. The first kappa shape index (κ1) is 18.3. The van der Waals surface area contributed by atoms with Gasteiger partial charge in [0.25, 0.3) is 11.8 Å². The summed E-state index contributed by atoms with van der Waals surface area (Å²) in [5.74, 6) is 0.533. The first-order valence-electron chi connectivity index (χ1n) is 8.42. The molecule has 1 aliphatic carbocycles. The lowest BCUT2D eigenvalue weighted by molar-refractivity contribution is -0.146. The maximum Gasteiger partial charge on any atom is 0.256 e. The van der Waals surface area contributed by atoms with E-state index < -0.39 is 11.5 Å². The average molecular weight is 334 g/mol. The molecular weight excluding hydrogens is 308 g/mol. The summed E-state index contributed by atoms with van der Waals surface area (Å²) in [5, 5.41) is 2.93. The number of carbonyl (C=O) groups is 2. The van der Waals surface area contributed by atoms with Gasteiger partial charge in [0.05, 0.1) is 0 Å². The molecule has 0 aromatic heterocycles. The molecule has 1 fully saturated rings. The van der Waals surface area contributed by atoms with Gasteiger partial charge in [0.2, 0.25) is 0 Å². The van der Waals surface area contributed by atoms with Crippen LogP contribution in [0.4, 0.5) is 5.69 Å². The van der Waals surface area contributed by atoms with Crippen LogP contribution in [0, 0.1) is 5.92 Å². The second kappa shape index (κ2) is 8.15. The molecule has 132 valence electrons. The molecule has 1 aromatic carbocycles. The van der Waals surface area contributed by atoms with Crippen LogP contribution in [0.25, 0.3) is 0 Å². The Morgan fingerprint density at radius 2 is 1.88 bits per heavy atom. The molecule has 1 saturated carbocycles. The number of nitrogens with one attached hydrogen (secondary N) is 1. The van der Waals surface area contributed by atoms with E-state index in [1.807, 2.05) is 6.92 Å². The van der Waals surface area contributed by atoms with E-state index in [1.54, 1.807) is 24.3 Å². The van der Waals surface area contributed by atoms with Crippen molar-refractivity contribution in [3.8, 4) is 5.75 Å². The number of primary amides is 1. The highest BCUT2D eigenvalue weighted by atomic mass is 16.5. The number of rotatable bonds is 7. The molecule has 24 heavy (non-hydrogen) atoms. The number of hydrogen-bond donors (Lipinski definition) is 2. The largest absolute Gasteiger partial charge is 0.484 e. The quantitative estimate of drug-likeness (QED) is 0.801. The summed E-state index contributed by atoms with van der Waals surface area (Å²) in [6.45, 7) is 4.47. The minimum atomic E-state index is -0.734. The second-order valence-electron chi connectivity index (χ2n) is 6.34. The third kappa shape index (κ3) is 4.71. The topological polar surface area (TPSA) is 90.7 Å². The lowest BCUT2D eigenvalue weighted by Crippen LogP contribution is -2.48. The van der Waals surface area contributed by atoms with Gasteiger partial charge in [-0.15, -0.1) is 0 Å². The Balaban J connectivity index is 2.00. The molecule has 0 bridgehead atoms. The van der Waals surface area contributed by atoms with E-state index in [2.05, 4.69) is 12.2 Å². The number of benzene rings is 1. The fraction of sp³-hybridized carbons (Fsp3) is 0.556. The van der Waals surface area contributed by atoms with E-state index in [-0.39, 0.29) is 12.5 Å². The summed E-state index contributed by atoms with van der Waals surface area (Å²) in [6, 6.07) is 6.85. The van der Waals surface area contributed by atoms with Crippen molar-refractivity contribution in [2.24, 2.45) is 11.7 Å². The van der Waals surface area contributed by atoms with E-state index >= 15 is 0 Å². The van der Waals surface area contributed by atoms with E-state index in [9.17, 15) is 9.59 Å². The Kier molecular flexibility index (Phi) is 6.20. The van der Waals surface area contributed by atoms with Crippen molar-refractivity contribution in [2.45, 2.75) is 45.1 Å². The second-order valence-corrected chi connectivity index (χ2v) is 6.34. The van der Waals surface area contributed by atoms with Gasteiger partial charge in [0, 0.05) is 12.3 Å². The molecule has 0 spiro atoms. The summed E-state index contributed by atoms with van der Waals surface area (Å²) < 4.78 is 11.1. The molecule has 0 radical (unpaired) electrons. The summed E-state index contributed by atoms with van der Waals surface area (Å²) in [4.78, 5) is 23.5. The van der Waals surface area contributed by atoms with Gasteiger partial charge >= 0.3 is 0 Å². The lowest BCUT2D eigenvalue weighted by Gasteiger charge is -2.37. The first-order chi connectivity index (χ1) is 11.4. The average Bonchev–Trinajstić information content (AvgIpc) is 2.56. The normalized spacial score (nSPS) is 23.5. The van der Waals surface area contributed by atoms with Crippen LogP contribution < -0.4 is 15.8 Å². The van der Waals surface area contributed by atoms with E-state index in [4.69, 9.17) is 15.2 Å². The lowest BCUT2D eigenvalue weighted by atomic mass is 9.78. The van der Waals surface area contributed by atoms with Gasteiger partial charge in [-0.05, 0) is 62.8 Å².